The molecule has 3 aromatic rings. The van der Waals surface area contributed by atoms with Gasteiger partial charge in [0.1, 0.15) is 20.5 Å². The van der Waals surface area contributed by atoms with Gasteiger partial charge in [-0.2, -0.15) is 0 Å². The second-order valence-corrected chi connectivity index (χ2v) is 11.9. The van der Waals surface area contributed by atoms with Crippen molar-refractivity contribution in [1.29, 1.82) is 0 Å². The monoisotopic (exact) mass is 519 g/mol. The van der Waals surface area contributed by atoms with Crippen LogP contribution in [0.25, 0.3) is 0 Å². The van der Waals surface area contributed by atoms with E-state index in [4.69, 9.17) is 21.9 Å². The van der Waals surface area contributed by atoms with E-state index >= 15 is 0 Å². The van der Waals surface area contributed by atoms with E-state index in [9.17, 15) is 21.6 Å². The molecular formula is C19H22ClN3O6S3. The average molecular weight is 520 g/mol. The Balaban J connectivity index is 0.000000244. The molecule has 32 heavy (non-hydrogen) atoms. The van der Waals surface area contributed by atoms with E-state index < -0.39 is 25.8 Å². The first kappa shape index (κ1) is 25.8. The number of nitrogens with two attached hydrogens (primary N) is 1. The number of thiophene rings is 1. The lowest BCUT2D eigenvalue weighted by Crippen LogP contribution is -2.18. The molecule has 0 radical (unpaired) electrons. The zero-order valence-corrected chi connectivity index (χ0v) is 21.1. The van der Waals surface area contributed by atoms with E-state index in [1.165, 1.54) is 17.7 Å². The number of nitrogens with one attached hydrogen (secondary N) is 1. The summed E-state index contributed by atoms with van der Waals surface area (Å²) in [5, 5.41) is 5.02. The Morgan fingerprint density at radius 3 is 2.12 bits per heavy atom. The predicted molar refractivity (Wildman–Crippen MR) is 124 cm³/mol. The number of halogens is 1. The number of benzene rings is 1. The second-order valence-electron chi connectivity index (χ2n) is 6.99. The maximum absolute atomic E-state index is 12.1. The number of sulfone groups is 1. The molecule has 0 aliphatic carbocycles. The molecule has 0 fully saturated rings. The van der Waals surface area contributed by atoms with Gasteiger partial charge in [0, 0.05) is 6.26 Å². The number of carbonyl (C=O) groups excluding carboxylic acids is 1. The van der Waals surface area contributed by atoms with Crippen LogP contribution in [0, 0.1) is 27.7 Å². The number of hydrogen-bond acceptors (Lipinski definition) is 8. The summed E-state index contributed by atoms with van der Waals surface area (Å²) >= 11 is 6.74. The molecule has 13 heteroatoms. The van der Waals surface area contributed by atoms with Crippen molar-refractivity contribution in [2.45, 2.75) is 37.5 Å². The summed E-state index contributed by atoms with van der Waals surface area (Å²) in [6.45, 7) is 7.18. The van der Waals surface area contributed by atoms with E-state index in [1.54, 1.807) is 6.92 Å². The molecule has 0 aliphatic rings. The Kier molecular flexibility index (Phi) is 7.76. The van der Waals surface area contributed by atoms with Crippen LogP contribution >= 0.6 is 22.9 Å². The van der Waals surface area contributed by atoms with Crippen LogP contribution in [0.5, 0.6) is 0 Å². The van der Waals surface area contributed by atoms with Gasteiger partial charge in [0.15, 0.2) is 9.84 Å². The van der Waals surface area contributed by atoms with Crippen molar-refractivity contribution >= 4 is 54.6 Å². The number of nitrogens with zero attached hydrogens (tertiary/aromatic N) is 1. The third-order valence-electron chi connectivity index (χ3n) is 4.14. The number of hydrogen-bond donors (Lipinski definition) is 2. The number of amides is 1. The van der Waals surface area contributed by atoms with Gasteiger partial charge in [-0.15, -0.1) is 11.3 Å². The standard InChI is InChI=1S/C10H14O2S.C9H8ClN3O4S2/c1-7-5-8(2)10(9(3)6-7)13(4,11)12;1-4-6(10)9(17-12-4)13-19(15,16)5-2-3-18-7(5)8(11)14/h5-6H,1-4H3;2-3,13H,1H3,(H2,11,14). The fourth-order valence-corrected chi connectivity index (χ4v) is 6.78. The number of sulfonamides is 1. The quantitative estimate of drug-likeness (QED) is 0.522. The summed E-state index contributed by atoms with van der Waals surface area (Å²) in [4.78, 5) is 11.3. The molecule has 0 bridgehead atoms. The highest BCUT2D eigenvalue weighted by Gasteiger charge is 2.25. The highest BCUT2D eigenvalue weighted by Crippen LogP contribution is 2.29. The van der Waals surface area contributed by atoms with Crippen molar-refractivity contribution in [3.05, 3.63) is 55.9 Å². The summed E-state index contributed by atoms with van der Waals surface area (Å²) in [6.07, 6.45) is 1.25. The summed E-state index contributed by atoms with van der Waals surface area (Å²) < 4.78 is 53.8. The number of carbonyl (C=O) groups is 1. The molecule has 9 nitrogen and oxygen atoms in total. The van der Waals surface area contributed by atoms with Crippen molar-refractivity contribution in [2.75, 3.05) is 11.0 Å². The van der Waals surface area contributed by atoms with E-state index in [2.05, 4.69) is 9.88 Å². The Morgan fingerprint density at radius 2 is 1.69 bits per heavy atom. The van der Waals surface area contributed by atoms with Crippen LogP contribution in [-0.4, -0.2) is 34.2 Å². The lowest BCUT2D eigenvalue weighted by atomic mass is 10.1. The molecular weight excluding hydrogens is 498 g/mol. The molecule has 0 aliphatic heterocycles. The van der Waals surface area contributed by atoms with Crippen LogP contribution in [0.15, 0.2) is 37.9 Å². The maximum Gasteiger partial charge on any atom is 0.265 e. The van der Waals surface area contributed by atoms with Crippen LogP contribution < -0.4 is 10.5 Å². The first-order chi connectivity index (χ1) is 14.6. The molecule has 1 amide bonds. The molecule has 0 saturated carbocycles. The Morgan fingerprint density at radius 1 is 1.12 bits per heavy atom. The molecule has 0 unspecified atom stereocenters. The van der Waals surface area contributed by atoms with Crippen LogP contribution in [-0.2, 0) is 19.9 Å². The van der Waals surface area contributed by atoms with Crippen LogP contribution in [0.2, 0.25) is 5.02 Å². The third-order valence-corrected chi connectivity index (χ3v) is 8.40. The van der Waals surface area contributed by atoms with Gasteiger partial charge in [-0.25, -0.2) is 21.6 Å². The largest absolute Gasteiger partial charge is 0.365 e. The van der Waals surface area contributed by atoms with Gasteiger partial charge in [-0.1, -0.05) is 34.5 Å². The smallest absolute Gasteiger partial charge is 0.265 e. The Hall–Kier alpha value is -2.41. The van der Waals surface area contributed by atoms with Gasteiger partial charge in [-0.3, -0.25) is 4.79 Å². The van der Waals surface area contributed by atoms with E-state index in [0.717, 1.165) is 28.0 Å². The highest BCUT2D eigenvalue weighted by molar-refractivity contribution is 7.93. The summed E-state index contributed by atoms with van der Waals surface area (Å²) in [5.41, 5.74) is 8.21. The zero-order chi connectivity index (χ0) is 24.4. The van der Waals surface area contributed by atoms with Crippen molar-refractivity contribution < 1.29 is 26.2 Å². The molecule has 174 valence electrons. The normalized spacial score (nSPS) is 11.6. The number of rotatable bonds is 5. The van der Waals surface area contributed by atoms with Gasteiger partial charge in [0.05, 0.1) is 4.90 Å². The van der Waals surface area contributed by atoms with Crippen LogP contribution in [0.3, 0.4) is 0 Å². The minimum absolute atomic E-state index is 0.0550. The second kappa shape index (κ2) is 9.61. The van der Waals surface area contributed by atoms with E-state index in [-0.39, 0.29) is 20.7 Å². The minimum atomic E-state index is -4.01. The SMILES string of the molecule is Cc1cc(C)c(S(C)(=O)=O)c(C)c1.Cc1noc(NS(=O)(=O)c2ccsc2C(N)=O)c1Cl. The maximum atomic E-state index is 12.1. The van der Waals surface area contributed by atoms with Crippen molar-refractivity contribution in [1.82, 2.24) is 5.16 Å². The van der Waals surface area contributed by atoms with Crippen molar-refractivity contribution in [2.24, 2.45) is 5.73 Å². The van der Waals surface area contributed by atoms with Crippen molar-refractivity contribution in [3.8, 4) is 0 Å². The third kappa shape index (κ3) is 5.88. The summed E-state index contributed by atoms with van der Waals surface area (Å²) in [5.74, 6) is -1.03. The number of primary amides is 1. The molecule has 3 N–H and O–H groups in total. The fourth-order valence-electron chi connectivity index (χ4n) is 3.04. The van der Waals surface area contributed by atoms with E-state index in [0.29, 0.717) is 10.6 Å². The molecule has 2 heterocycles. The number of aromatic nitrogens is 1. The first-order valence-corrected chi connectivity index (χ1v) is 13.6. The average Bonchev–Trinajstić information content (AvgIpc) is 3.23. The molecule has 3 rings (SSSR count). The molecule has 0 saturated heterocycles. The van der Waals surface area contributed by atoms with Gasteiger partial charge in [-0.05, 0) is 50.3 Å². The lowest BCUT2D eigenvalue weighted by molar-refractivity contribution is 0.100. The Bertz CT molecular complexity index is 1350. The topological polar surface area (TPSA) is 149 Å². The molecule has 2 aromatic heterocycles. The van der Waals surface area contributed by atoms with Crippen LogP contribution in [0.1, 0.15) is 32.1 Å². The van der Waals surface area contributed by atoms with Crippen molar-refractivity contribution in [3.63, 3.8) is 0 Å². The zero-order valence-electron chi connectivity index (χ0n) is 17.9. The minimum Gasteiger partial charge on any atom is -0.365 e. The fraction of sp³-hybridized carbons (Fsp3) is 0.263. The van der Waals surface area contributed by atoms with E-state index in [1.807, 2.05) is 32.9 Å². The molecule has 0 atom stereocenters. The molecule has 0 spiro atoms. The number of aryl methyl sites for hydroxylation is 4. The Labute approximate surface area is 195 Å². The lowest BCUT2D eigenvalue weighted by Gasteiger charge is -2.08. The predicted octanol–water partition coefficient (Wildman–Crippen LogP) is 3.61. The molecule has 1 aromatic carbocycles. The number of anilines is 1. The first-order valence-electron chi connectivity index (χ1n) is 8.95. The summed E-state index contributed by atoms with van der Waals surface area (Å²) in [7, 11) is -7.09. The van der Waals surface area contributed by atoms with Crippen LogP contribution in [0.4, 0.5) is 5.88 Å². The highest BCUT2D eigenvalue weighted by atomic mass is 35.5. The van der Waals surface area contributed by atoms with Gasteiger partial charge in [0.25, 0.3) is 21.8 Å². The van der Waals surface area contributed by atoms with Gasteiger partial charge >= 0.3 is 0 Å². The van der Waals surface area contributed by atoms with Gasteiger partial charge < -0.3 is 10.3 Å². The summed E-state index contributed by atoms with van der Waals surface area (Å²) in [6, 6.07) is 5.05. The van der Waals surface area contributed by atoms with Gasteiger partial charge in [0.2, 0.25) is 0 Å².